The average Bonchev–Trinajstić information content (AvgIpc) is 2.37. The number of thioether (sulfide) groups is 1. The molecule has 0 spiro atoms. The molecule has 0 saturated carbocycles. The lowest BCUT2D eigenvalue weighted by atomic mass is 10.1. The van der Waals surface area contributed by atoms with E-state index >= 15 is 0 Å². The quantitative estimate of drug-likeness (QED) is 0.431. The summed E-state index contributed by atoms with van der Waals surface area (Å²) in [4.78, 5) is 21.3. The van der Waals surface area contributed by atoms with Crippen LogP contribution in [0.1, 0.15) is 22.3 Å². The number of nitrogens with zero attached hydrogens (tertiary/aromatic N) is 1. The van der Waals surface area contributed by atoms with Crippen LogP contribution in [0.5, 0.6) is 0 Å². The van der Waals surface area contributed by atoms with Gasteiger partial charge in [-0.1, -0.05) is 12.1 Å². The Balaban J connectivity index is 2.80. The van der Waals surface area contributed by atoms with Crippen LogP contribution in [0.3, 0.4) is 0 Å². The number of aromatic carboxylic acids is 1. The first-order valence-electron chi connectivity index (χ1n) is 5.77. The normalized spacial score (nSPS) is 10.4. The molecule has 0 radical (unpaired) electrons. The van der Waals surface area contributed by atoms with Gasteiger partial charge in [0.05, 0.1) is 4.92 Å². The van der Waals surface area contributed by atoms with E-state index < -0.39 is 10.9 Å². The first-order valence-corrected chi connectivity index (χ1v) is 7.16. The molecule has 0 aliphatic rings. The van der Waals surface area contributed by atoms with Crippen molar-refractivity contribution in [3.05, 3.63) is 39.4 Å². The molecule has 0 aromatic heterocycles. The number of hydrogen-bond donors (Lipinski definition) is 2. The Labute approximate surface area is 115 Å². The standard InChI is InChI=1S/C12H16N2O4S/c1-19-7-3-6-13-8-9-4-2-5-10(14(17)18)11(9)12(15)16/h2,4-5,13H,3,6-8H2,1H3,(H,15,16). The molecule has 0 saturated heterocycles. The van der Waals surface area contributed by atoms with E-state index in [9.17, 15) is 14.9 Å². The summed E-state index contributed by atoms with van der Waals surface area (Å²) < 4.78 is 0. The molecule has 2 N–H and O–H groups in total. The maximum absolute atomic E-state index is 11.1. The van der Waals surface area contributed by atoms with E-state index in [0.29, 0.717) is 12.1 Å². The Morgan fingerprint density at radius 3 is 2.84 bits per heavy atom. The van der Waals surface area contributed by atoms with Gasteiger partial charge in [0.15, 0.2) is 0 Å². The third-order valence-corrected chi connectivity index (χ3v) is 3.25. The molecule has 1 rings (SSSR count). The summed E-state index contributed by atoms with van der Waals surface area (Å²) in [6.45, 7) is 1.07. The van der Waals surface area contributed by atoms with Crippen LogP contribution < -0.4 is 5.32 Å². The highest BCUT2D eigenvalue weighted by molar-refractivity contribution is 7.98. The predicted molar refractivity (Wildman–Crippen MR) is 74.8 cm³/mol. The third-order valence-electron chi connectivity index (χ3n) is 2.56. The summed E-state index contributed by atoms with van der Waals surface area (Å²) in [5.41, 5.74) is -0.161. The van der Waals surface area contributed by atoms with Crippen molar-refractivity contribution in [1.82, 2.24) is 5.32 Å². The van der Waals surface area contributed by atoms with Gasteiger partial charge in [-0.05, 0) is 30.5 Å². The Morgan fingerprint density at radius 2 is 2.26 bits per heavy atom. The minimum Gasteiger partial charge on any atom is -0.477 e. The molecule has 1 aromatic rings. The van der Waals surface area contributed by atoms with Gasteiger partial charge < -0.3 is 10.4 Å². The van der Waals surface area contributed by atoms with Gasteiger partial charge in [-0.15, -0.1) is 0 Å². The molecular weight excluding hydrogens is 268 g/mol. The zero-order chi connectivity index (χ0) is 14.3. The van der Waals surface area contributed by atoms with Crippen molar-refractivity contribution in [2.24, 2.45) is 0 Å². The van der Waals surface area contributed by atoms with Crippen molar-refractivity contribution in [3.63, 3.8) is 0 Å². The highest BCUT2D eigenvalue weighted by atomic mass is 32.2. The van der Waals surface area contributed by atoms with Crippen LogP contribution in [0.4, 0.5) is 5.69 Å². The summed E-state index contributed by atoms with van der Waals surface area (Å²) in [6, 6.07) is 4.31. The summed E-state index contributed by atoms with van der Waals surface area (Å²) in [6.07, 6.45) is 2.99. The number of carboxylic acids is 1. The fourth-order valence-electron chi connectivity index (χ4n) is 1.70. The summed E-state index contributed by atoms with van der Waals surface area (Å²) in [5.74, 6) is -0.249. The lowest BCUT2D eigenvalue weighted by molar-refractivity contribution is -0.385. The molecule has 0 unspecified atom stereocenters. The molecule has 19 heavy (non-hydrogen) atoms. The monoisotopic (exact) mass is 284 g/mol. The van der Waals surface area contributed by atoms with Crippen LogP contribution in [0.2, 0.25) is 0 Å². The Morgan fingerprint density at radius 1 is 1.53 bits per heavy atom. The van der Waals surface area contributed by atoms with Gasteiger partial charge in [0.2, 0.25) is 0 Å². The fraction of sp³-hybridized carbons (Fsp3) is 0.417. The highest BCUT2D eigenvalue weighted by Crippen LogP contribution is 2.22. The maximum atomic E-state index is 11.1. The molecular formula is C12H16N2O4S. The van der Waals surface area contributed by atoms with Gasteiger partial charge >= 0.3 is 5.97 Å². The molecule has 0 fully saturated rings. The molecule has 6 nitrogen and oxygen atoms in total. The molecule has 0 heterocycles. The number of carbonyl (C=O) groups is 1. The van der Waals surface area contributed by atoms with Gasteiger partial charge in [-0.25, -0.2) is 4.79 Å². The van der Waals surface area contributed by atoms with Crippen LogP contribution in [0.15, 0.2) is 18.2 Å². The van der Waals surface area contributed by atoms with Gasteiger partial charge in [-0.3, -0.25) is 10.1 Å². The number of nitro benzene ring substituents is 1. The van der Waals surface area contributed by atoms with E-state index in [0.717, 1.165) is 18.7 Å². The van der Waals surface area contributed by atoms with Crippen LogP contribution >= 0.6 is 11.8 Å². The summed E-state index contributed by atoms with van der Waals surface area (Å²) in [7, 11) is 0. The van der Waals surface area contributed by atoms with Gasteiger partial charge in [0.1, 0.15) is 5.56 Å². The van der Waals surface area contributed by atoms with Crippen LogP contribution in [-0.4, -0.2) is 34.6 Å². The van der Waals surface area contributed by atoms with Crippen LogP contribution in [-0.2, 0) is 6.54 Å². The maximum Gasteiger partial charge on any atom is 0.343 e. The number of rotatable bonds is 8. The smallest absolute Gasteiger partial charge is 0.343 e. The van der Waals surface area contributed by atoms with Gasteiger partial charge in [0, 0.05) is 12.6 Å². The fourth-order valence-corrected chi connectivity index (χ4v) is 2.13. The Kier molecular flexibility index (Phi) is 6.31. The molecule has 7 heteroatoms. The van der Waals surface area contributed by atoms with Crippen molar-refractivity contribution < 1.29 is 14.8 Å². The van der Waals surface area contributed by atoms with Crippen molar-refractivity contribution in [1.29, 1.82) is 0 Å². The van der Waals surface area contributed by atoms with E-state index in [1.54, 1.807) is 17.8 Å². The predicted octanol–water partition coefficient (Wildman–Crippen LogP) is 2.14. The van der Waals surface area contributed by atoms with Crippen LogP contribution in [0.25, 0.3) is 0 Å². The molecule has 0 aliphatic carbocycles. The van der Waals surface area contributed by atoms with Crippen molar-refractivity contribution >= 4 is 23.4 Å². The van der Waals surface area contributed by atoms with Crippen molar-refractivity contribution in [2.45, 2.75) is 13.0 Å². The summed E-state index contributed by atoms with van der Waals surface area (Å²) in [5, 5.41) is 23.0. The largest absolute Gasteiger partial charge is 0.477 e. The number of benzene rings is 1. The SMILES string of the molecule is CSCCCNCc1cccc([N+](=O)[O-])c1C(=O)O. The second kappa shape index (κ2) is 7.75. The lowest BCUT2D eigenvalue weighted by Crippen LogP contribution is -2.18. The average molecular weight is 284 g/mol. The first-order chi connectivity index (χ1) is 9.07. The molecule has 0 aliphatic heterocycles. The second-order valence-electron chi connectivity index (χ2n) is 3.90. The summed E-state index contributed by atoms with van der Waals surface area (Å²) >= 11 is 1.74. The molecule has 0 amide bonds. The number of carboxylic acid groups (broad SMARTS) is 1. The molecule has 1 aromatic carbocycles. The van der Waals surface area contributed by atoms with Crippen molar-refractivity contribution in [2.75, 3.05) is 18.6 Å². The number of nitro groups is 1. The van der Waals surface area contributed by atoms with E-state index in [1.165, 1.54) is 12.1 Å². The van der Waals surface area contributed by atoms with E-state index in [-0.39, 0.29) is 11.3 Å². The van der Waals surface area contributed by atoms with Gasteiger partial charge in [0.25, 0.3) is 5.69 Å². The van der Waals surface area contributed by atoms with E-state index in [4.69, 9.17) is 5.11 Å². The third kappa shape index (κ3) is 4.53. The zero-order valence-electron chi connectivity index (χ0n) is 10.6. The topological polar surface area (TPSA) is 92.5 Å². The van der Waals surface area contributed by atoms with Crippen molar-refractivity contribution in [3.8, 4) is 0 Å². The minimum atomic E-state index is -1.27. The second-order valence-corrected chi connectivity index (χ2v) is 4.88. The highest BCUT2D eigenvalue weighted by Gasteiger charge is 2.22. The molecule has 0 atom stereocenters. The van der Waals surface area contributed by atoms with Gasteiger partial charge in [-0.2, -0.15) is 11.8 Å². The lowest BCUT2D eigenvalue weighted by Gasteiger charge is -2.08. The van der Waals surface area contributed by atoms with E-state index in [2.05, 4.69) is 5.32 Å². The molecule has 104 valence electrons. The minimum absolute atomic E-state index is 0.232. The Hall–Kier alpha value is -1.60. The Bertz CT molecular complexity index is 465. The van der Waals surface area contributed by atoms with E-state index in [1.807, 2.05) is 6.26 Å². The number of hydrogen-bond acceptors (Lipinski definition) is 5. The zero-order valence-corrected chi connectivity index (χ0v) is 11.4. The van der Waals surface area contributed by atoms with Crippen LogP contribution in [0, 0.1) is 10.1 Å². The molecule has 0 bridgehead atoms. The number of nitrogens with one attached hydrogen (secondary N) is 1. The first kappa shape index (κ1) is 15.5.